The molecule has 1 aliphatic rings. The first-order chi connectivity index (χ1) is 9.09. The number of halogens is 1. The lowest BCUT2D eigenvalue weighted by atomic mass is 9.86. The van der Waals surface area contributed by atoms with Crippen LogP contribution in [0.5, 0.6) is 0 Å². The zero-order valence-corrected chi connectivity index (χ0v) is 10.3. The van der Waals surface area contributed by atoms with Gasteiger partial charge in [0.1, 0.15) is 11.5 Å². The van der Waals surface area contributed by atoms with E-state index in [0.29, 0.717) is 30.6 Å². The highest BCUT2D eigenvalue weighted by molar-refractivity contribution is 5.47. The molecular weight excluding hydrogens is 251 g/mol. The van der Waals surface area contributed by atoms with Gasteiger partial charge in [0, 0.05) is 6.04 Å². The number of nitrogens with zero attached hydrogens (tertiary/aromatic N) is 3. The Bertz CT molecular complexity index is 586. The van der Waals surface area contributed by atoms with Gasteiger partial charge < -0.3 is 15.0 Å². The Morgan fingerprint density at radius 1 is 1.47 bits per heavy atom. The van der Waals surface area contributed by atoms with Crippen molar-refractivity contribution >= 4 is 0 Å². The van der Waals surface area contributed by atoms with Gasteiger partial charge in [0.2, 0.25) is 11.7 Å². The average Bonchev–Trinajstić information content (AvgIpc) is 3.00. The number of aromatic nitrogens is 3. The molecule has 0 bridgehead atoms. The second-order valence-corrected chi connectivity index (χ2v) is 4.82. The summed E-state index contributed by atoms with van der Waals surface area (Å²) in [6.07, 6.45) is 1.11. The number of rotatable bonds is 2. The molecule has 2 N–H and O–H groups in total. The molecule has 1 saturated heterocycles. The van der Waals surface area contributed by atoms with E-state index >= 15 is 0 Å². The molecule has 0 spiro atoms. The average molecular weight is 264 g/mol. The van der Waals surface area contributed by atoms with E-state index in [1.165, 1.54) is 12.1 Å². The standard InChI is InChI=1S/C12H13FN4O2/c1-12(6-18-5-9(12)14)11-16-10(17-19-11)8-3-2-7(13)4-15-8/h2-4,9H,5-6,14H2,1H3. The van der Waals surface area contributed by atoms with E-state index in [2.05, 4.69) is 15.1 Å². The Labute approximate surface area is 108 Å². The van der Waals surface area contributed by atoms with Gasteiger partial charge in [0.05, 0.1) is 24.8 Å². The Morgan fingerprint density at radius 3 is 2.95 bits per heavy atom. The normalized spacial score (nSPS) is 26.8. The molecule has 7 heteroatoms. The predicted molar refractivity (Wildman–Crippen MR) is 63.6 cm³/mol. The lowest BCUT2D eigenvalue weighted by Gasteiger charge is -2.21. The van der Waals surface area contributed by atoms with Crippen molar-refractivity contribution in [2.45, 2.75) is 18.4 Å². The first-order valence-corrected chi connectivity index (χ1v) is 5.89. The second kappa shape index (κ2) is 4.36. The zero-order chi connectivity index (χ0) is 13.5. The molecular formula is C12H13FN4O2. The van der Waals surface area contributed by atoms with E-state index in [4.69, 9.17) is 15.0 Å². The smallest absolute Gasteiger partial charge is 0.236 e. The topological polar surface area (TPSA) is 87.1 Å². The first-order valence-electron chi connectivity index (χ1n) is 5.89. The summed E-state index contributed by atoms with van der Waals surface area (Å²) in [5, 5.41) is 3.86. The molecule has 19 heavy (non-hydrogen) atoms. The highest BCUT2D eigenvalue weighted by Crippen LogP contribution is 2.31. The number of hydrogen-bond acceptors (Lipinski definition) is 6. The molecule has 1 aliphatic heterocycles. The van der Waals surface area contributed by atoms with Gasteiger partial charge in [-0.15, -0.1) is 0 Å². The summed E-state index contributed by atoms with van der Waals surface area (Å²) in [6.45, 7) is 2.82. The van der Waals surface area contributed by atoms with Crippen LogP contribution in [0.25, 0.3) is 11.5 Å². The minimum atomic E-state index is -0.495. The molecule has 0 aliphatic carbocycles. The van der Waals surface area contributed by atoms with E-state index < -0.39 is 11.2 Å². The highest BCUT2D eigenvalue weighted by Gasteiger charge is 2.44. The summed E-state index contributed by atoms with van der Waals surface area (Å²) >= 11 is 0. The summed E-state index contributed by atoms with van der Waals surface area (Å²) in [6, 6.07) is 2.60. The van der Waals surface area contributed by atoms with Crippen LogP contribution < -0.4 is 5.73 Å². The molecule has 6 nitrogen and oxygen atoms in total. The minimum Gasteiger partial charge on any atom is -0.379 e. The van der Waals surface area contributed by atoms with Crippen molar-refractivity contribution < 1.29 is 13.7 Å². The van der Waals surface area contributed by atoms with Crippen molar-refractivity contribution in [1.82, 2.24) is 15.1 Å². The van der Waals surface area contributed by atoms with Crippen LogP contribution >= 0.6 is 0 Å². The Kier molecular flexibility index (Phi) is 2.79. The van der Waals surface area contributed by atoms with Gasteiger partial charge in [0.25, 0.3) is 0 Å². The van der Waals surface area contributed by atoms with Gasteiger partial charge in [-0.25, -0.2) is 9.37 Å². The van der Waals surface area contributed by atoms with Crippen molar-refractivity contribution in [3.8, 4) is 11.5 Å². The third-order valence-corrected chi connectivity index (χ3v) is 3.39. The van der Waals surface area contributed by atoms with Crippen LogP contribution in [0.3, 0.4) is 0 Å². The monoisotopic (exact) mass is 264 g/mol. The summed E-state index contributed by atoms with van der Waals surface area (Å²) < 4.78 is 23.4. The third-order valence-electron chi connectivity index (χ3n) is 3.39. The summed E-state index contributed by atoms with van der Waals surface area (Å²) in [5.41, 5.74) is 5.95. The molecule has 2 unspecified atom stereocenters. The molecule has 2 aromatic heterocycles. The fourth-order valence-electron chi connectivity index (χ4n) is 1.98. The number of nitrogens with two attached hydrogens (primary N) is 1. The largest absolute Gasteiger partial charge is 0.379 e. The molecule has 2 atom stereocenters. The van der Waals surface area contributed by atoms with Gasteiger partial charge in [-0.1, -0.05) is 5.16 Å². The van der Waals surface area contributed by atoms with E-state index in [-0.39, 0.29) is 6.04 Å². The second-order valence-electron chi connectivity index (χ2n) is 4.82. The molecule has 100 valence electrons. The van der Waals surface area contributed by atoms with E-state index in [1.54, 1.807) is 0 Å². The zero-order valence-electron chi connectivity index (χ0n) is 10.3. The molecule has 0 amide bonds. The first kappa shape index (κ1) is 12.2. The number of ether oxygens (including phenoxy) is 1. The Morgan fingerprint density at radius 2 is 2.32 bits per heavy atom. The lowest BCUT2D eigenvalue weighted by molar-refractivity contribution is 0.169. The molecule has 3 heterocycles. The van der Waals surface area contributed by atoms with Crippen LogP contribution in [0, 0.1) is 5.82 Å². The van der Waals surface area contributed by atoms with Gasteiger partial charge >= 0.3 is 0 Å². The summed E-state index contributed by atoms with van der Waals surface area (Å²) in [5.74, 6) is 0.319. The molecule has 2 aromatic rings. The van der Waals surface area contributed by atoms with Crippen LogP contribution in [0.1, 0.15) is 12.8 Å². The van der Waals surface area contributed by atoms with Crippen molar-refractivity contribution in [1.29, 1.82) is 0 Å². The SMILES string of the molecule is CC1(c2nc(-c3ccc(F)cn3)no2)COCC1N. The molecule has 1 fully saturated rings. The van der Waals surface area contributed by atoms with Crippen molar-refractivity contribution in [2.24, 2.45) is 5.73 Å². The highest BCUT2D eigenvalue weighted by atomic mass is 19.1. The fourth-order valence-corrected chi connectivity index (χ4v) is 1.98. The van der Waals surface area contributed by atoms with E-state index in [1.807, 2.05) is 6.92 Å². The Balaban J connectivity index is 1.93. The van der Waals surface area contributed by atoms with Crippen molar-refractivity contribution in [2.75, 3.05) is 13.2 Å². The van der Waals surface area contributed by atoms with Crippen LogP contribution in [0.2, 0.25) is 0 Å². The maximum atomic E-state index is 12.8. The number of pyridine rings is 1. The predicted octanol–water partition coefficient (Wildman–Crippen LogP) is 0.886. The van der Waals surface area contributed by atoms with E-state index in [0.717, 1.165) is 6.20 Å². The van der Waals surface area contributed by atoms with Gasteiger partial charge in [-0.05, 0) is 19.1 Å². The molecule has 0 saturated carbocycles. The van der Waals surface area contributed by atoms with Crippen LogP contribution in [-0.2, 0) is 10.2 Å². The molecule has 3 rings (SSSR count). The summed E-state index contributed by atoms with van der Waals surface area (Å²) in [7, 11) is 0. The van der Waals surface area contributed by atoms with Crippen molar-refractivity contribution in [3.63, 3.8) is 0 Å². The third kappa shape index (κ3) is 2.00. The van der Waals surface area contributed by atoms with Crippen LogP contribution in [-0.4, -0.2) is 34.4 Å². The van der Waals surface area contributed by atoms with Gasteiger partial charge in [-0.3, -0.25) is 0 Å². The van der Waals surface area contributed by atoms with Gasteiger partial charge in [-0.2, -0.15) is 4.98 Å². The van der Waals surface area contributed by atoms with Crippen LogP contribution in [0.15, 0.2) is 22.9 Å². The maximum Gasteiger partial charge on any atom is 0.236 e. The quantitative estimate of drug-likeness (QED) is 0.866. The maximum absolute atomic E-state index is 12.8. The Hall–Kier alpha value is -1.86. The molecule has 0 radical (unpaired) electrons. The lowest BCUT2D eigenvalue weighted by Crippen LogP contribution is -2.42. The van der Waals surface area contributed by atoms with Crippen molar-refractivity contribution in [3.05, 3.63) is 30.0 Å². The van der Waals surface area contributed by atoms with Crippen LogP contribution in [0.4, 0.5) is 4.39 Å². The molecule has 0 aromatic carbocycles. The van der Waals surface area contributed by atoms with E-state index in [9.17, 15) is 4.39 Å². The number of hydrogen-bond donors (Lipinski definition) is 1. The minimum absolute atomic E-state index is 0.193. The summed E-state index contributed by atoms with van der Waals surface area (Å²) in [4.78, 5) is 8.20. The fraction of sp³-hybridized carbons (Fsp3) is 0.417. The van der Waals surface area contributed by atoms with Gasteiger partial charge in [0.15, 0.2) is 0 Å².